The summed E-state index contributed by atoms with van der Waals surface area (Å²) < 4.78 is 0. The van der Waals surface area contributed by atoms with Crippen molar-refractivity contribution in [1.82, 2.24) is 15.0 Å². The number of nitrogens with zero attached hydrogens (tertiary/aromatic N) is 2. The molecule has 0 aliphatic rings. The number of aromatic amines is 1. The fourth-order valence-corrected chi connectivity index (χ4v) is 3.58. The molecule has 0 aliphatic carbocycles. The summed E-state index contributed by atoms with van der Waals surface area (Å²) in [6, 6.07) is 14.8. The number of nitrogens with two attached hydrogens (primary N) is 1. The predicted octanol–water partition coefficient (Wildman–Crippen LogP) is 4.56. The highest BCUT2D eigenvalue weighted by molar-refractivity contribution is 6.16. The minimum absolute atomic E-state index is 0.0377. The maximum atomic E-state index is 13.0. The fourth-order valence-electron chi connectivity index (χ4n) is 3.58. The number of nitrogen functional groups attached to an aromatic ring is 1. The molecule has 6 nitrogen and oxygen atoms in total. The summed E-state index contributed by atoms with van der Waals surface area (Å²) in [4.78, 5) is 24.9. The van der Waals surface area contributed by atoms with Gasteiger partial charge in [-0.05, 0) is 63.2 Å². The summed E-state index contributed by atoms with van der Waals surface area (Å²) >= 11 is 0. The molecule has 4 aromatic rings. The van der Waals surface area contributed by atoms with Crippen LogP contribution >= 0.6 is 0 Å². The van der Waals surface area contributed by atoms with Crippen molar-refractivity contribution in [2.24, 2.45) is 0 Å². The van der Waals surface area contributed by atoms with E-state index in [1.165, 1.54) is 0 Å². The summed E-state index contributed by atoms with van der Waals surface area (Å²) in [7, 11) is 0. The molecular formula is C24H23N5O. The lowest BCUT2D eigenvalue weighted by Crippen LogP contribution is -2.11. The van der Waals surface area contributed by atoms with Gasteiger partial charge in [-0.2, -0.15) is 0 Å². The number of rotatable bonds is 5. The molecule has 4 N–H and O–H groups in total. The highest BCUT2D eigenvalue weighted by Crippen LogP contribution is 2.27. The van der Waals surface area contributed by atoms with Gasteiger partial charge in [0.25, 0.3) is 0 Å². The Kier molecular flexibility index (Phi) is 4.91. The van der Waals surface area contributed by atoms with E-state index in [-0.39, 0.29) is 11.7 Å². The van der Waals surface area contributed by atoms with Crippen LogP contribution in [0.25, 0.3) is 10.9 Å². The summed E-state index contributed by atoms with van der Waals surface area (Å²) in [5.74, 6) is -0.405. The van der Waals surface area contributed by atoms with Crippen molar-refractivity contribution < 1.29 is 4.79 Å². The van der Waals surface area contributed by atoms with Gasteiger partial charge in [0.1, 0.15) is 0 Å². The van der Waals surface area contributed by atoms with Gasteiger partial charge in [0.2, 0.25) is 0 Å². The average Bonchev–Trinajstić information content (AvgIpc) is 3.14. The van der Waals surface area contributed by atoms with Gasteiger partial charge in [0.15, 0.2) is 5.78 Å². The molecule has 0 spiro atoms. The first-order chi connectivity index (χ1) is 14.3. The molecule has 4 rings (SSSR count). The second kappa shape index (κ2) is 7.55. The van der Waals surface area contributed by atoms with Gasteiger partial charge in [-0.1, -0.05) is 6.07 Å². The number of carbonyl (C=O) groups is 1. The third-order valence-electron chi connectivity index (χ3n) is 5.26. The Bertz CT molecular complexity index is 1290. The molecule has 6 heteroatoms. The zero-order valence-electron chi connectivity index (χ0n) is 17.2. The topological polar surface area (TPSA) is 109 Å². The number of pyridine rings is 2. The van der Waals surface area contributed by atoms with Crippen LogP contribution < -0.4 is 5.73 Å². The third-order valence-corrected chi connectivity index (χ3v) is 5.26. The first-order valence-corrected chi connectivity index (χ1v) is 9.75. The molecule has 3 aromatic heterocycles. The molecule has 0 aliphatic heterocycles. The number of nitrogens with one attached hydrogen (secondary N) is 2. The van der Waals surface area contributed by atoms with Crippen molar-refractivity contribution in [3.05, 3.63) is 88.6 Å². The van der Waals surface area contributed by atoms with Crippen LogP contribution in [0.4, 0.5) is 5.69 Å². The Morgan fingerprint density at radius 3 is 2.63 bits per heavy atom. The van der Waals surface area contributed by atoms with Crippen LogP contribution in [0.2, 0.25) is 0 Å². The van der Waals surface area contributed by atoms with E-state index >= 15 is 0 Å². The maximum Gasteiger partial charge on any atom is 0.187 e. The molecular weight excluding hydrogens is 374 g/mol. The van der Waals surface area contributed by atoms with Crippen LogP contribution in [-0.4, -0.2) is 26.4 Å². The predicted molar refractivity (Wildman–Crippen MR) is 119 cm³/mol. The lowest BCUT2D eigenvalue weighted by Gasteiger charge is -2.09. The van der Waals surface area contributed by atoms with Crippen LogP contribution in [-0.2, 0) is 0 Å². The standard InChI is InChI=1S/C24H23N5O/c1-13-5-4-6-20(28-13)15(3)24(30)22-11-17-10-18(19(25)12-21(17)29-22)23(26)16-7-8-27-14(2)9-16/h4-12,15,26,29H,25H2,1-3H3. The number of aryl methyl sites for hydroxylation is 2. The molecule has 1 atom stereocenters. The highest BCUT2D eigenvalue weighted by Gasteiger charge is 2.21. The maximum absolute atomic E-state index is 13.0. The van der Waals surface area contributed by atoms with Gasteiger partial charge in [-0.15, -0.1) is 0 Å². The Labute approximate surface area is 174 Å². The molecule has 0 amide bonds. The fraction of sp³-hybridized carbons (Fsp3) is 0.167. The van der Waals surface area contributed by atoms with Crippen molar-refractivity contribution in [2.45, 2.75) is 26.7 Å². The molecule has 3 heterocycles. The zero-order valence-corrected chi connectivity index (χ0v) is 17.2. The van der Waals surface area contributed by atoms with Gasteiger partial charge >= 0.3 is 0 Å². The average molecular weight is 397 g/mol. The van der Waals surface area contributed by atoms with E-state index in [1.807, 2.05) is 57.2 Å². The first kappa shape index (κ1) is 19.5. The van der Waals surface area contributed by atoms with Crippen LogP contribution in [0.1, 0.15) is 51.5 Å². The molecule has 30 heavy (non-hydrogen) atoms. The van der Waals surface area contributed by atoms with E-state index in [0.29, 0.717) is 22.7 Å². The van der Waals surface area contributed by atoms with E-state index in [4.69, 9.17) is 11.1 Å². The van der Waals surface area contributed by atoms with Crippen molar-refractivity contribution in [3.63, 3.8) is 0 Å². The number of Topliss-reactive ketones (excluding diaryl/α,β-unsaturated/α-hetero) is 1. The van der Waals surface area contributed by atoms with Crippen molar-refractivity contribution in [1.29, 1.82) is 5.41 Å². The van der Waals surface area contributed by atoms with E-state index in [9.17, 15) is 4.79 Å². The number of benzene rings is 1. The molecule has 150 valence electrons. The number of carbonyl (C=O) groups excluding carboxylic acids is 1. The Balaban J connectivity index is 1.69. The number of hydrogen-bond acceptors (Lipinski definition) is 5. The summed E-state index contributed by atoms with van der Waals surface area (Å²) in [5, 5.41) is 9.42. The van der Waals surface area contributed by atoms with Crippen molar-refractivity contribution >= 4 is 28.1 Å². The third kappa shape index (κ3) is 3.59. The van der Waals surface area contributed by atoms with Gasteiger partial charge in [-0.3, -0.25) is 20.2 Å². The largest absolute Gasteiger partial charge is 0.398 e. The molecule has 0 fully saturated rings. The highest BCUT2D eigenvalue weighted by atomic mass is 16.1. The van der Waals surface area contributed by atoms with Crippen LogP contribution in [0.5, 0.6) is 0 Å². The summed E-state index contributed by atoms with van der Waals surface area (Å²) in [5.41, 5.74) is 12.2. The minimum Gasteiger partial charge on any atom is -0.398 e. The number of aromatic nitrogens is 3. The monoisotopic (exact) mass is 397 g/mol. The molecule has 0 saturated carbocycles. The summed E-state index contributed by atoms with van der Waals surface area (Å²) in [6.07, 6.45) is 1.68. The second-order valence-electron chi connectivity index (χ2n) is 7.56. The Morgan fingerprint density at radius 1 is 1.10 bits per heavy atom. The molecule has 1 unspecified atom stereocenters. The lowest BCUT2D eigenvalue weighted by molar-refractivity contribution is 0.0960. The Hall–Kier alpha value is -3.80. The number of fused-ring (bicyclic) bond motifs is 1. The van der Waals surface area contributed by atoms with Crippen molar-refractivity contribution in [3.8, 4) is 0 Å². The molecule has 0 bridgehead atoms. The van der Waals surface area contributed by atoms with Crippen LogP contribution in [0.3, 0.4) is 0 Å². The van der Waals surface area contributed by atoms with E-state index in [2.05, 4.69) is 15.0 Å². The normalized spacial score (nSPS) is 12.1. The van der Waals surface area contributed by atoms with E-state index in [1.54, 1.807) is 18.3 Å². The van der Waals surface area contributed by atoms with E-state index in [0.717, 1.165) is 33.5 Å². The smallest absolute Gasteiger partial charge is 0.187 e. The summed E-state index contributed by atoms with van der Waals surface area (Å²) in [6.45, 7) is 5.65. The number of ketones is 1. The molecule has 0 radical (unpaired) electrons. The minimum atomic E-state index is -0.368. The number of H-pyrrole nitrogens is 1. The molecule has 1 aromatic carbocycles. The number of anilines is 1. The first-order valence-electron chi connectivity index (χ1n) is 9.75. The lowest BCUT2D eigenvalue weighted by atomic mass is 9.98. The van der Waals surface area contributed by atoms with Crippen LogP contribution in [0, 0.1) is 19.3 Å². The zero-order chi connectivity index (χ0) is 21.4. The van der Waals surface area contributed by atoms with Crippen LogP contribution in [0.15, 0.2) is 54.7 Å². The number of hydrogen-bond donors (Lipinski definition) is 3. The SMILES string of the molecule is Cc1cc(C(=N)c2cc3cc(C(=O)C(C)c4cccc(C)n4)[nH]c3cc2N)ccn1. The molecule has 0 saturated heterocycles. The van der Waals surface area contributed by atoms with Gasteiger partial charge in [0.05, 0.1) is 23.0 Å². The Morgan fingerprint density at radius 2 is 1.90 bits per heavy atom. The van der Waals surface area contributed by atoms with Crippen molar-refractivity contribution in [2.75, 3.05) is 5.73 Å². The van der Waals surface area contributed by atoms with Gasteiger partial charge in [0, 0.05) is 45.3 Å². The quantitative estimate of drug-likeness (QED) is 0.260. The van der Waals surface area contributed by atoms with E-state index < -0.39 is 0 Å². The van der Waals surface area contributed by atoms with Gasteiger partial charge < -0.3 is 10.7 Å². The second-order valence-corrected chi connectivity index (χ2v) is 7.56. The van der Waals surface area contributed by atoms with Gasteiger partial charge in [-0.25, -0.2) is 0 Å².